The molecule has 0 atom stereocenters. The zero-order chi connectivity index (χ0) is 22.0. The fraction of sp³-hybridized carbons (Fsp3) is 0.222. The van der Waals surface area contributed by atoms with Crippen LogP contribution in [0.2, 0.25) is 0 Å². The number of carbonyl (C=O) groups is 1. The molecule has 164 valence electrons. The lowest BCUT2D eigenvalue weighted by Crippen LogP contribution is -2.36. The van der Waals surface area contributed by atoms with Crippen molar-refractivity contribution >= 4 is 17.7 Å². The summed E-state index contributed by atoms with van der Waals surface area (Å²) in [6.07, 6.45) is 3.38. The number of nitrogens with zero attached hydrogens (tertiary/aromatic N) is 1. The van der Waals surface area contributed by atoms with Crippen LogP contribution in [-0.2, 0) is 9.53 Å². The van der Waals surface area contributed by atoms with Crippen LogP contribution in [0, 0.1) is 0 Å². The number of rotatable bonds is 8. The van der Waals surface area contributed by atoms with E-state index in [0.29, 0.717) is 13.2 Å². The predicted molar refractivity (Wildman–Crippen MR) is 129 cm³/mol. The van der Waals surface area contributed by atoms with Gasteiger partial charge >= 0.3 is 0 Å². The summed E-state index contributed by atoms with van der Waals surface area (Å²) in [5.41, 5.74) is 4.32. The maximum Gasteiger partial charge on any atom is 0.244 e. The molecule has 0 unspecified atom stereocenters. The Kier molecular flexibility index (Phi) is 7.55. The summed E-state index contributed by atoms with van der Waals surface area (Å²) in [6, 6.07) is 26.3. The lowest BCUT2D eigenvalue weighted by atomic mass is 10.1. The van der Waals surface area contributed by atoms with E-state index in [4.69, 9.17) is 9.47 Å². The monoisotopic (exact) mass is 428 g/mol. The molecular weight excluding hydrogens is 400 g/mol. The van der Waals surface area contributed by atoms with Gasteiger partial charge in [-0.15, -0.1) is 0 Å². The molecule has 0 bridgehead atoms. The number of anilines is 1. The number of amides is 1. The van der Waals surface area contributed by atoms with Crippen LogP contribution < -0.4 is 15.0 Å². The van der Waals surface area contributed by atoms with Gasteiger partial charge < -0.3 is 19.7 Å². The Morgan fingerprint density at radius 2 is 1.66 bits per heavy atom. The van der Waals surface area contributed by atoms with Gasteiger partial charge in [0.05, 0.1) is 19.8 Å². The fourth-order valence-electron chi connectivity index (χ4n) is 3.63. The highest BCUT2D eigenvalue weighted by Crippen LogP contribution is 2.29. The minimum Gasteiger partial charge on any atom is -0.491 e. The molecule has 5 heteroatoms. The van der Waals surface area contributed by atoms with E-state index < -0.39 is 0 Å². The summed E-state index contributed by atoms with van der Waals surface area (Å²) in [7, 11) is 0. The molecule has 1 saturated heterocycles. The van der Waals surface area contributed by atoms with E-state index in [1.165, 1.54) is 5.69 Å². The summed E-state index contributed by atoms with van der Waals surface area (Å²) in [5.74, 6) is 0.672. The Morgan fingerprint density at radius 1 is 0.938 bits per heavy atom. The van der Waals surface area contributed by atoms with Gasteiger partial charge in [-0.25, -0.2) is 0 Å². The minimum atomic E-state index is -0.137. The topological polar surface area (TPSA) is 50.8 Å². The SMILES string of the molecule is O=C(/C=C/c1ccc(N2CCOCC2)cc1)NCCOc1ccccc1-c1ccccc1. The molecule has 0 saturated carbocycles. The largest absolute Gasteiger partial charge is 0.491 e. The van der Waals surface area contributed by atoms with Crippen LogP contribution in [0.4, 0.5) is 5.69 Å². The van der Waals surface area contributed by atoms with Crippen molar-refractivity contribution in [1.29, 1.82) is 0 Å². The Morgan fingerprint density at radius 3 is 2.44 bits per heavy atom. The molecule has 0 aromatic heterocycles. The number of para-hydroxylation sites is 1. The molecule has 5 nitrogen and oxygen atoms in total. The van der Waals surface area contributed by atoms with Crippen LogP contribution >= 0.6 is 0 Å². The van der Waals surface area contributed by atoms with E-state index in [1.54, 1.807) is 6.08 Å². The third-order valence-electron chi connectivity index (χ3n) is 5.33. The van der Waals surface area contributed by atoms with Crippen molar-refractivity contribution in [2.45, 2.75) is 0 Å². The van der Waals surface area contributed by atoms with E-state index in [2.05, 4.69) is 34.5 Å². The van der Waals surface area contributed by atoms with Gasteiger partial charge in [0.1, 0.15) is 12.4 Å². The molecule has 0 spiro atoms. The Hall–Kier alpha value is -3.57. The zero-order valence-corrected chi connectivity index (χ0v) is 18.1. The second-order valence-electron chi connectivity index (χ2n) is 7.53. The van der Waals surface area contributed by atoms with Gasteiger partial charge in [0.25, 0.3) is 0 Å². The van der Waals surface area contributed by atoms with Crippen LogP contribution in [0.3, 0.4) is 0 Å². The van der Waals surface area contributed by atoms with Gasteiger partial charge in [-0.2, -0.15) is 0 Å². The van der Waals surface area contributed by atoms with Crippen LogP contribution in [0.25, 0.3) is 17.2 Å². The number of ether oxygens (including phenoxy) is 2. The van der Waals surface area contributed by atoms with Crippen molar-refractivity contribution in [1.82, 2.24) is 5.32 Å². The average molecular weight is 429 g/mol. The normalized spacial score (nSPS) is 13.8. The molecule has 32 heavy (non-hydrogen) atoms. The summed E-state index contributed by atoms with van der Waals surface area (Å²) in [5, 5.41) is 2.87. The van der Waals surface area contributed by atoms with E-state index in [-0.39, 0.29) is 5.91 Å². The highest BCUT2D eigenvalue weighted by atomic mass is 16.5. The highest BCUT2D eigenvalue weighted by molar-refractivity contribution is 5.91. The Balaban J connectivity index is 1.23. The molecule has 1 heterocycles. The lowest BCUT2D eigenvalue weighted by molar-refractivity contribution is -0.116. The quantitative estimate of drug-likeness (QED) is 0.427. The first kappa shape index (κ1) is 21.7. The number of benzene rings is 3. The van der Waals surface area contributed by atoms with Gasteiger partial charge in [-0.1, -0.05) is 60.7 Å². The van der Waals surface area contributed by atoms with Gasteiger partial charge in [-0.05, 0) is 35.4 Å². The smallest absolute Gasteiger partial charge is 0.244 e. The minimum absolute atomic E-state index is 0.137. The molecule has 1 N–H and O–H groups in total. The fourth-order valence-corrected chi connectivity index (χ4v) is 3.63. The Bertz CT molecular complexity index is 1030. The maximum absolute atomic E-state index is 12.2. The first-order valence-corrected chi connectivity index (χ1v) is 11.0. The van der Waals surface area contributed by atoms with Crippen LogP contribution in [0.1, 0.15) is 5.56 Å². The number of hydrogen-bond donors (Lipinski definition) is 1. The average Bonchev–Trinajstić information content (AvgIpc) is 2.87. The number of carbonyl (C=O) groups excluding carboxylic acids is 1. The first-order valence-electron chi connectivity index (χ1n) is 11.0. The van der Waals surface area contributed by atoms with Crippen LogP contribution in [0.15, 0.2) is 84.9 Å². The molecule has 0 aliphatic carbocycles. The first-order chi connectivity index (χ1) is 15.8. The molecule has 1 amide bonds. The predicted octanol–water partition coefficient (Wildman–Crippen LogP) is 4.40. The van der Waals surface area contributed by atoms with Gasteiger partial charge in [0.15, 0.2) is 0 Å². The molecule has 3 aromatic rings. The lowest BCUT2D eigenvalue weighted by Gasteiger charge is -2.28. The standard InChI is InChI=1S/C27H28N2O3/c30-27(15-12-22-10-13-24(14-11-22)29-17-20-31-21-18-29)28-16-19-32-26-9-5-4-8-25(26)23-6-2-1-3-7-23/h1-15H,16-21H2,(H,28,30)/b15-12+. The third kappa shape index (κ3) is 5.99. The summed E-state index contributed by atoms with van der Waals surface area (Å²) in [6.45, 7) is 4.19. The van der Waals surface area contributed by atoms with Crippen molar-refractivity contribution < 1.29 is 14.3 Å². The molecule has 1 aliphatic rings. The molecule has 1 aliphatic heterocycles. The van der Waals surface area contributed by atoms with E-state index in [0.717, 1.165) is 48.7 Å². The molecule has 1 fully saturated rings. The third-order valence-corrected chi connectivity index (χ3v) is 5.33. The summed E-state index contributed by atoms with van der Waals surface area (Å²) >= 11 is 0. The molecule has 3 aromatic carbocycles. The van der Waals surface area contributed by atoms with Gasteiger partial charge in [-0.3, -0.25) is 4.79 Å². The molecule has 0 radical (unpaired) electrons. The molecule has 4 rings (SSSR count). The summed E-state index contributed by atoms with van der Waals surface area (Å²) in [4.78, 5) is 14.5. The second-order valence-corrected chi connectivity index (χ2v) is 7.53. The van der Waals surface area contributed by atoms with Crippen molar-refractivity contribution in [2.24, 2.45) is 0 Å². The van der Waals surface area contributed by atoms with E-state index in [9.17, 15) is 4.79 Å². The Labute approximate surface area is 189 Å². The number of hydrogen-bond acceptors (Lipinski definition) is 4. The maximum atomic E-state index is 12.2. The zero-order valence-electron chi connectivity index (χ0n) is 18.1. The van der Waals surface area contributed by atoms with Crippen molar-refractivity contribution in [3.63, 3.8) is 0 Å². The van der Waals surface area contributed by atoms with Crippen molar-refractivity contribution in [2.75, 3.05) is 44.4 Å². The summed E-state index contributed by atoms with van der Waals surface area (Å²) < 4.78 is 11.3. The highest BCUT2D eigenvalue weighted by Gasteiger charge is 2.10. The van der Waals surface area contributed by atoms with E-state index >= 15 is 0 Å². The van der Waals surface area contributed by atoms with Gasteiger partial charge in [0.2, 0.25) is 5.91 Å². The van der Waals surface area contributed by atoms with Crippen LogP contribution in [-0.4, -0.2) is 45.4 Å². The van der Waals surface area contributed by atoms with E-state index in [1.807, 2.05) is 60.7 Å². The number of morpholine rings is 1. The second kappa shape index (κ2) is 11.2. The number of nitrogens with one attached hydrogen (secondary N) is 1. The van der Waals surface area contributed by atoms with Crippen molar-refractivity contribution in [3.05, 3.63) is 90.5 Å². The molecular formula is C27H28N2O3. The van der Waals surface area contributed by atoms with Crippen LogP contribution in [0.5, 0.6) is 5.75 Å². The van der Waals surface area contributed by atoms with Crippen molar-refractivity contribution in [3.8, 4) is 16.9 Å². The van der Waals surface area contributed by atoms with Gasteiger partial charge in [0, 0.05) is 30.4 Å².